The molecule has 1 aliphatic carbocycles. The van der Waals surface area contributed by atoms with Crippen molar-refractivity contribution in [1.82, 2.24) is 14.8 Å². The third kappa shape index (κ3) is 2.56. The fourth-order valence-electron chi connectivity index (χ4n) is 4.48. The van der Waals surface area contributed by atoms with Crippen LogP contribution in [0.3, 0.4) is 0 Å². The van der Waals surface area contributed by atoms with Crippen molar-refractivity contribution in [3.05, 3.63) is 44.9 Å². The standard InChI is InChI=1S/C20H23N3O3S/c1-4-22-12(2)10-14(13(22)3)16(24)11-23-18(25)20(21-19(23)26)8-5-6-17-15(20)7-9-27-17/h7,9-10H,4-6,8,11H2,1-3H3,(H,21,26)/t20-/m1/s1. The molecule has 4 rings (SSSR count). The summed E-state index contributed by atoms with van der Waals surface area (Å²) in [6, 6.07) is 3.29. The van der Waals surface area contributed by atoms with Gasteiger partial charge in [0.1, 0.15) is 5.54 Å². The first kappa shape index (κ1) is 18.0. The van der Waals surface area contributed by atoms with E-state index < -0.39 is 11.6 Å². The van der Waals surface area contributed by atoms with E-state index in [4.69, 9.17) is 0 Å². The van der Waals surface area contributed by atoms with Gasteiger partial charge in [-0.25, -0.2) is 4.79 Å². The van der Waals surface area contributed by atoms with Crippen LogP contribution in [0.15, 0.2) is 17.5 Å². The summed E-state index contributed by atoms with van der Waals surface area (Å²) in [7, 11) is 0. The van der Waals surface area contributed by atoms with Crippen LogP contribution in [0.2, 0.25) is 0 Å². The van der Waals surface area contributed by atoms with Crippen LogP contribution in [-0.4, -0.2) is 33.7 Å². The molecule has 1 aliphatic heterocycles. The van der Waals surface area contributed by atoms with E-state index in [1.54, 1.807) is 11.3 Å². The molecule has 7 heteroatoms. The van der Waals surface area contributed by atoms with E-state index in [2.05, 4.69) is 9.88 Å². The highest BCUT2D eigenvalue weighted by molar-refractivity contribution is 7.10. The van der Waals surface area contributed by atoms with Gasteiger partial charge in [-0.05, 0) is 57.5 Å². The highest BCUT2D eigenvalue weighted by Crippen LogP contribution is 2.42. The lowest BCUT2D eigenvalue weighted by Gasteiger charge is -2.31. The van der Waals surface area contributed by atoms with Crippen molar-refractivity contribution in [2.24, 2.45) is 0 Å². The fourth-order valence-corrected chi connectivity index (χ4v) is 5.48. The van der Waals surface area contributed by atoms with E-state index in [0.717, 1.165) is 46.1 Å². The maximum Gasteiger partial charge on any atom is 0.325 e. The molecule has 0 saturated carbocycles. The van der Waals surface area contributed by atoms with Crippen LogP contribution in [0.4, 0.5) is 4.79 Å². The summed E-state index contributed by atoms with van der Waals surface area (Å²) < 4.78 is 2.05. The molecule has 0 bridgehead atoms. The first-order valence-corrected chi connectivity index (χ1v) is 10.2. The topological polar surface area (TPSA) is 71.4 Å². The third-order valence-electron chi connectivity index (χ3n) is 5.83. The number of hydrogen-bond acceptors (Lipinski definition) is 4. The second kappa shape index (κ2) is 6.34. The Labute approximate surface area is 162 Å². The Morgan fingerprint density at radius 1 is 1.33 bits per heavy atom. The Bertz CT molecular complexity index is 958. The lowest BCUT2D eigenvalue weighted by Crippen LogP contribution is -2.46. The monoisotopic (exact) mass is 385 g/mol. The van der Waals surface area contributed by atoms with Crippen molar-refractivity contribution in [2.75, 3.05) is 6.54 Å². The van der Waals surface area contributed by atoms with Gasteiger partial charge in [0.05, 0.1) is 6.54 Å². The van der Waals surface area contributed by atoms with Gasteiger partial charge in [0, 0.05) is 33.9 Å². The molecule has 0 unspecified atom stereocenters. The number of aryl methyl sites for hydroxylation is 2. The number of thiophene rings is 1. The Hall–Kier alpha value is -2.41. The summed E-state index contributed by atoms with van der Waals surface area (Å²) in [6.45, 7) is 6.43. The molecule has 3 heterocycles. The highest BCUT2D eigenvalue weighted by Gasteiger charge is 2.54. The molecule has 2 aliphatic rings. The van der Waals surface area contributed by atoms with Gasteiger partial charge >= 0.3 is 6.03 Å². The number of Topliss-reactive ketones (excluding diaryl/α,β-unsaturated/α-hetero) is 1. The minimum atomic E-state index is -0.995. The Morgan fingerprint density at radius 2 is 2.11 bits per heavy atom. The maximum atomic E-state index is 13.2. The van der Waals surface area contributed by atoms with Gasteiger partial charge in [-0.15, -0.1) is 11.3 Å². The minimum Gasteiger partial charge on any atom is -0.349 e. The number of carbonyl (C=O) groups excluding carboxylic acids is 3. The largest absolute Gasteiger partial charge is 0.349 e. The molecule has 0 aromatic carbocycles. The molecule has 1 N–H and O–H groups in total. The molecule has 2 aromatic heterocycles. The smallest absolute Gasteiger partial charge is 0.325 e. The summed E-state index contributed by atoms with van der Waals surface area (Å²) in [5, 5.41) is 4.86. The number of ketones is 1. The number of aromatic nitrogens is 1. The average Bonchev–Trinajstić information content (AvgIpc) is 3.29. The Kier molecular flexibility index (Phi) is 4.22. The number of nitrogens with one attached hydrogen (secondary N) is 1. The molecule has 6 nitrogen and oxygen atoms in total. The van der Waals surface area contributed by atoms with E-state index in [9.17, 15) is 14.4 Å². The van der Waals surface area contributed by atoms with E-state index in [1.807, 2.05) is 38.3 Å². The van der Waals surface area contributed by atoms with Crippen molar-refractivity contribution >= 4 is 29.1 Å². The molecule has 27 heavy (non-hydrogen) atoms. The predicted molar refractivity (Wildman–Crippen MR) is 103 cm³/mol. The number of hydrogen-bond donors (Lipinski definition) is 1. The van der Waals surface area contributed by atoms with E-state index >= 15 is 0 Å². The molecule has 1 fully saturated rings. The second-order valence-corrected chi connectivity index (χ2v) is 8.29. The van der Waals surface area contributed by atoms with Gasteiger partial charge in [-0.2, -0.15) is 0 Å². The normalized spacial score (nSPS) is 21.7. The van der Waals surface area contributed by atoms with Gasteiger partial charge < -0.3 is 9.88 Å². The first-order chi connectivity index (χ1) is 12.9. The zero-order valence-corrected chi connectivity index (χ0v) is 16.6. The van der Waals surface area contributed by atoms with Crippen LogP contribution in [0.1, 0.15) is 52.0 Å². The van der Waals surface area contributed by atoms with Crippen LogP contribution in [0, 0.1) is 13.8 Å². The lowest BCUT2D eigenvalue weighted by molar-refractivity contribution is -0.131. The average molecular weight is 385 g/mol. The molecular weight excluding hydrogens is 362 g/mol. The lowest BCUT2D eigenvalue weighted by atomic mass is 9.80. The van der Waals surface area contributed by atoms with Gasteiger partial charge in [0.15, 0.2) is 5.78 Å². The molecule has 2 aromatic rings. The van der Waals surface area contributed by atoms with Gasteiger partial charge in [0.2, 0.25) is 0 Å². The van der Waals surface area contributed by atoms with Gasteiger partial charge in [-0.1, -0.05) is 0 Å². The Balaban J connectivity index is 1.62. The summed E-state index contributed by atoms with van der Waals surface area (Å²) in [5.41, 5.74) is 2.36. The minimum absolute atomic E-state index is 0.204. The number of carbonyl (C=O) groups is 3. The number of amides is 3. The van der Waals surface area contributed by atoms with Crippen molar-refractivity contribution in [3.8, 4) is 0 Å². The van der Waals surface area contributed by atoms with Crippen molar-refractivity contribution in [2.45, 2.75) is 52.1 Å². The predicted octanol–water partition coefficient (Wildman–Crippen LogP) is 3.15. The van der Waals surface area contributed by atoms with E-state index in [-0.39, 0.29) is 18.2 Å². The van der Waals surface area contributed by atoms with Crippen molar-refractivity contribution < 1.29 is 14.4 Å². The van der Waals surface area contributed by atoms with Crippen LogP contribution in [0.25, 0.3) is 0 Å². The summed E-state index contributed by atoms with van der Waals surface area (Å²) in [4.78, 5) is 40.9. The molecule has 1 saturated heterocycles. The number of rotatable bonds is 4. The molecular formula is C20H23N3O3S. The molecule has 1 spiro atoms. The Morgan fingerprint density at radius 3 is 2.81 bits per heavy atom. The third-order valence-corrected chi connectivity index (χ3v) is 6.81. The van der Waals surface area contributed by atoms with E-state index in [1.165, 1.54) is 0 Å². The van der Waals surface area contributed by atoms with Crippen LogP contribution in [-0.2, 0) is 23.3 Å². The van der Waals surface area contributed by atoms with Crippen LogP contribution in [0.5, 0.6) is 0 Å². The summed E-state index contributed by atoms with van der Waals surface area (Å²) in [6.07, 6.45) is 2.36. The number of imide groups is 1. The van der Waals surface area contributed by atoms with Crippen LogP contribution >= 0.6 is 11.3 Å². The quantitative estimate of drug-likeness (QED) is 0.649. The number of fused-ring (bicyclic) bond motifs is 2. The van der Waals surface area contributed by atoms with Gasteiger partial charge in [-0.3, -0.25) is 14.5 Å². The molecule has 0 radical (unpaired) electrons. The molecule has 142 valence electrons. The van der Waals surface area contributed by atoms with Gasteiger partial charge in [0.25, 0.3) is 5.91 Å². The maximum absolute atomic E-state index is 13.2. The summed E-state index contributed by atoms with van der Waals surface area (Å²) in [5.74, 6) is -0.505. The second-order valence-electron chi connectivity index (χ2n) is 7.29. The van der Waals surface area contributed by atoms with Crippen LogP contribution < -0.4 is 5.32 Å². The fraction of sp³-hybridized carbons (Fsp3) is 0.450. The van der Waals surface area contributed by atoms with Crippen molar-refractivity contribution in [1.29, 1.82) is 0 Å². The van der Waals surface area contributed by atoms with Crippen molar-refractivity contribution in [3.63, 3.8) is 0 Å². The zero-order valence-electron chi connectivity index (χ0n) is 15.8. The number of nitrogens with zero attached hydrogens (tertiary/aromatic N) is 2. The number of urea groups is 1. The first-order valence-electron chi connectivity index (χ1n) is 9.30. The summed E-state index contributed by atoms with van der Waals surface area (Å²) >= 11 is 1.62. The van der Waals surface area contributed by atoms with E-state index in [0.29, 0.717) is 12.0 Å². The SMILES string of the molecule is CCn1c(C)cc(C(=O)CN2C(=O)N[C@@]3(CCCc4sccc43)C2=O)c1C. The highest BCUT2D eigenvalue weighted by atomic mass is 32.1. The zero-order chi connectivity index (χ0) is 19.3. The molecule has 1 atom stereocenters. The molecule has 3 amide bonds.